The standard InChI is InChI=1S/C15H19N7OS/c1-4-22-13-10(19-15(22)16)5-9(6-17-13)14(23)18-7-11-12(8(2)3)20-21-24-11/h5-6,8H,4,7H2,1-3H3,(H2,16,19)(H,18,23). The molecule has 0 fully saturated rings. The first kappa shape index (κ1) is 16.3. The summed E-state index contributed by atoms with van der Waals surface area (Å²) in [4.78, 5) is 21.9. The highest BCUT2D eigenvalue weighted by molar-refractivity contribution is 7.05. The molecule has 0 atom stereocenters. The molecule has 1 amide bonds. The molecule has 24 heavy (non-hydrogen) atoms. The Kier molecular flexibility index (Phi) is 4.43. The number of rotatable bonds is 5. The van der Waals surface area contributed by atoms with Crippen LogP contribution in [0.15, 0.2) is 12.3 Å². The first-order valence-electron chi connectivity index (χ1n) is 7.72. The molecule has 3 aromatic rings. The summed E-state index contributed by atoms with van der Waals surface area (Å²) in [5.74, 6) is 0.460. The third-order valence-corrected chi connectivity index (χ3v) is 4.47. The molecule has 0 aliphatic rings. The van der Waals surface area contributed by atoms with E-state index in [9.17, 15) is 4.79 Å². The molecular formula is C15H19N7OS. The summed E-state index contributed by atoms with van der Waals surface area (Å²) >= 11 is 1.30. The van der Waals surface area contributed by atoms with Gasteiger partial charge >= 0.3 is 0 Å². The maximum atomic E-state index is 12.4. The van der Waals surface area contributed by atoms with E-state index in [1.165, 1.54) is 11.5 Å². The first-order chi connectivity index (χ1) is 11.5. The predicted molar refractivity (Wildman–Crippen MR) is 92.8 cm³/mol. The molecule has 0 bridgehead atoms. The molecule has 0 radical (unpaired) electrons. The van der Waals surface area contributed by atoms with E-state index in [4.69, 9.17) is 5.73 Å². The van der Waals surface area contributed by atoms with Crippen molar-refractivity contribution in [2.24, 2.45) is 0 Å². The van der Waals surface area contributed by atoms with Crippen molar-refractivity contribution in [1.29, 1.82) is 0 Å². The number of fused-ring (bicyclic) bond motifs is 1. The number of anilines is 1. The highest BCUT2D eigenvalue weighted by Gasteiger charge is 2.15. The summed E-state index contributed by atoms with van der Waals surface area (Å²) in [6.45, 7) is 7.14. The average Bonchev–Trinajstić information content (AvgIpc) is 3.14. The summed E-state index contributed by atoms with van der Waals surface area (Å²) in [5.41, 5.74) is 8.52. The van der Waals surface area contributed by atoms with Crippen LogP contribution in [0, 0.1) is 0 Å². The molecule has 3 N–H and O–H groups in total. The molecule has 3 rings (SSSR count). The third kappa shape index (κ3) is 2.94. The van der Waals surface area contributed by atoms with Crippen LogP contribution in [-0.4, -0.2) is 30.0 Å². The number of nitrogens with two attached hydrogens (primary N) is 1. The molecule has 0 unspecified atom stereocenters. The van der Waals surface area contributed by atoms with E-state index in [0.717, 1.165) is 10.6 Å². The Balaban J connectivity index is 1.78. The van der Waals surface area contributed by atoms with Gasteiger partial charge in [-0.1, -0.05) is 18.3 Å². The van der Waals surface area contributed by atoms with Crippen molar-refractivity contribution in [2.75, 3.05) is 5.73 Å². The van der Waals surface area contributed by atoms with E-state index >= 15 is 0 Å². The highest BCUT2D eigenvalue weighted by atomic mass is 32.1. The number of nitrogen functional groups attached to an aromatic ring is 1. The Hall–Kier alpha value is -2.55. The number of aromatic nitrogens is 5. The zero-order chi connectivity index (χ0) is 17.3. The van der Waals surface area contributed by atoms with Gasteiger partial charge < -0.3 is 11.1 Å². The highest BCUT2D eigenvalue weighted by Crippen LogP contribution is 2.20. The summed E-state index contributed by atoms with van der Waals surface area (Å²) < 4.78 is 5.76. The van der Waals surface area contributed by atoms with Crippen molar-refractivity contribution >= 4 is 34.6 Å². The lowest BCUT2D eigenvalue weighted by Crippen LogP contribution is -2.23. The number of amides is 1. The zero-order valence-corrected chi connectivity index (χ0v) is 14.6. The molecular weight excluding hydrogens is 326 g/mol. The van der Waals surface area contributed by atoms with Gasteiger partial charge in [-0.25, -0.2) is 9.97 Å². The van der Waals surface area contributed by atoms with Crippen LogP contribution >= 0.6 is 11.5 Å². The van der Waals surface area contributed by atoms with Crippen LogP contribution in [0.1, 0.15) is 47.6 Å². The topological polar surface area (TPSA) is 112 Å². The molecule has 0 saturated heterocycles. The van der Waals surface area contributed by atoms with Gasteiger partial charge in [0, 0.05) is 12.7 Å². The normalized spacial score (nSPS) is 11.3. The number of aryl methyl sites for hydroxylation is 1. The molecule has 8 nitrogen and oxygen atoms in total. The van der Waals surface area contributed by atoms with Gasteiger partial charge in [0.2, 0.25) is 5.95 Å². The van der Waals surface area contributed by atoms with E-state index in [0.29, 0.717) is 35.8 Å². The number of pyridine rings is 1. The van der Waals surface area contributed by atoms with E-state index < -0.39 is 0 Å². The molecule has 9 heteroatoms. The van der Waals surface area contributed by atoms with Gasteiger partial charge in [0.15, 0.2) is 5.65 Å². The second kappa shape index (κ2) is 6.52. The van der Waals surface area contributed by atoms with E-state index in [1.54, 1.807) is 16.8 Å². The van der Waals surface area contributed by atoms with Gasteiger partial charge in [-0.2, -0.15) is 0 Å². The number of imidazole rings is 1. The fourth-order valence-corrected chi connectivity index (χ4v) is 3.24. The minimum absolute atomic E-state index is 0.211. The monoisotopic (exact) mass is 345 g/mol. The van der Waals surface area contributed by atoms with E-state index in [2.05, 4.69) is 24.9 Å². The molecule has 0 aromatic carbocycles. The van der Waals surface area contributed by atoms with Crippen molar-refractivity contribution in [3.63, 3.8) is 0 Å². The summed E-state index contributed by atoms with van der Waals surface area (Å²) in [5, 5.41) is 6.99. The van der Waals surface area contributed by atoms with Crippen molar-refractivity contribution in [3.8, 4) is 0 Å². The minimum atomic E-state index is -0.211. The zero-order valence-electron chi connectivity index (χ0n) is 13.8. The minimum Gasteiger partial charge on any atom is -0.369 e. The fourth-order valence-electron chi connectivity index (χ4n) is 2.50. The van der Waals surface area contributed by atoms with Crippen LogP contribution in [-0.2, 0) is 13.1 Å². The molecule has 0 aliphatic carbocycles. The lowest BCUT2D eigenvalue weighted by atomic mass is 10.1. The van der Waals surface area contributed by atoms with Gasteiger partial charge in [-0.3, -0.25) is 9.36 Å². The van der Waals surface area contributed by atoms with Crippen LogP contribution in [0.3, 0.4) is 0 Å². The van der Waals surface area contributed by atoms with E-state index in [1.807, 2.05) is 20.8 Å². The lowest BCUT2D eigenvalue weighted by Gasteiger charge is -2.06. The smallest absolute Gasteiger partial charge is 0.253 e. The second-order valence-corrected chi connectivity index (χ2v) is 6.54. The molecule has 3 aromatic heterocycles. The van der Waals surface area contributed by atoms with Crippen LogP contribution < -0.4 is 11.1 Å². The van der Waals surface area contributed by atoms with Gasteiger partial charge in [-0.15, -0.1) is 5.10 Å². The van der Waals surface area contributed by atoms with Crippen LogP contribution in [0.25, 0.3) is 11.2 Å². The molecule has 0 aliphatic heterocycles. The number of carbonyl (C=O) groups excluding carboxylic acids is 1. The quantitative estimate of drug-likeness (QED) is 0.731. The third-order valence-electron chi connectivity index (χ3n) is 3.73. The Labute approximate surface area is 143 Å². The number of hydrogen-bond donors (Lipinski definition) is 2. The number of carbonyl (C=O) groups is 1. The molecule has 0 spiro atoms. The van der Waals surface area contributed by atoms with Crippen molar-refractivity contribution in [1.82, 2.24) is 29.4 Å². The Bertz CT molecular complexity index is 883. The summed E-state index contributed by atoms with van der Waals surface area (Å²) in [6.07, 6.45) is 1.54. The Morgan fingerprint density at radius 2 is 2.25 bits per heavy atom. The number of hydrogen-bond acceptors (Lipinski definition) is 7. The van der Waals surface area contributed by atoms with Gasteiger partial charge in [-0.05, 0) is 30.4 Å². The Morgan fingerprint density at radius 1 is 1.46 bits per heavy atom. The van der Waals surface area contributed by atoms with Crippen LogP contribution in [0.5, 0.6) is 0 Å². The van der Waals surface area contributed by atoms with E-state index in [-0.39, 0.29) is 11.8 Å². The maximum absolute atomic E-state index is 12.4. The van der Waals surface area contributed by atoms with Crippen LogP contribution in [0.4, 0.5) is 5.95 Å². The average molecular weight is 345 g/mol. The SMILES string of the molecule is CCn1c(N)nc2cc(C(=O)NCc3snnc3C(C)C)cnc21. The van der Waals surface area contributed by atoms with Crippen LogP contribution in [0.2, 0.25) is 0 Å². The maximum Gasteiger partial charge on any atom is 0.253 e. The molecule has 0 saturated carbocycles. The van der Waals surface area contributed by atoms with Crippen molar-refractivity contribution in [2.45, 2.75) is 39.8 Å². The fraction of sp³-hybridized carbons (Fsp3) is 0.400. The second-order valence-electron chi connectivity index (χ2n) is 5.70. The van der Waals surface area contributed by atoms with Crippen molar-refractivity contribution < 1.29 is 4.79 Å². The number of nitrogens with zero attached hydrogens (tertiary/aromatic N) is 5. The number of nitrogens with one attached hydrogen (secondary N) is 1. The van der Waals surface area contributed by atoms with Crippen molar-refractivity contribution in [3.05, 3.63) is 28.4 Å². The summed E-state index contributed by atoms with van der Waals surface area (Å²) in [6, 6.07) is 1.70. The molecule has 126 valence electrons. The van der Waals surface area contributed by atoms with Gasteiger partial charge in [0.05, 0.1) is 22.7 Å². The predicted octanol–water partition coefficient (Wildman–Crippen LogP) is 1.94. The summed E-state index contributed by atoms with van der Waals surface area (Å²) in [7, 11) is 0. The first-order valence-corrected chi connectivity index (χ1v) is 8.49. The largest absolute Gasteiger partial charge is 0.369 e. The van der Waals surface area contributed by atoms with Gasteiger partial charge in [0.25, 0.3) is 5.91 Å². The Morgan fingerprint density at radius 3 is 2.96 bits per heavy atom. The lowest BCUT2D eigenvalue weighted by molar-refractivity contribution is 0.0951. The molecule has 3 heterocycles. The van der Waals surface area contributed by atoms with Gasteiger partial charge in [0.1, 0.15) is 5.52 Å².